The highest BCUT2D eigenvalue weighted by Crippen LogP contribution is 2.17. The van der Waals surface area contributed by atoms with Gasteiger partial charge in [0, 0.05) is 33.4 Å². The Morgan fingerprint density at radius 1 is 1.21 bits per heavy atom. The summed E-state index contributed by atoms with van der Waals surface area (Å²) in [5.74, 6) is 1.81. The molecule has 2 heterocycles. The molecule has 7 heteroatoms. The SMILES string of the molecule is CCN(CC)c1nc(NC)nc(-c2ccn(C)n2)n1. The quantitative estimate of drug-likeness (QED) is 0.871. The van der Waals surface area contributed by atoms with Gasteiger partial charge in [0.1, 0.15) is 5.69 Å². The molecule has 0 spiro atoms. The third-order valence-electron chi connectivity index (χ3n) is 2.84. The van der Waals surface area contributed by atoms with Crippen LogP contribution in [0.5, 0.6) is 0 Å². The third-order valence-corrected chi connectivity index (χ3v) is 2.84. The van der Waals surface area contributed by atoms with Crippen molar-refractivity contribution < 1.29 is 0 Å². The number of anilines is 2. The van der Waals surface area contributed by atoms with E-state index in [2.05, 4.69) is 44.1 Å². The maximum atomic E-state index is 4.49. The Kier molecular flexibility index (Phi) is 3.94. The number of nitrogens with zero attached hydrogens (tertiary/aromatic N) is 6. The minimum Gasteiger partial charge on any atom is -0.357 e. The Morgan fingerprint density at radius 2 is 1.95 bits per heavy atom. The van der Waals surface area contributed by atoms with E-state index in [1.807, 2.05) is 19.3 Å². The first-order valence-electron chi connectivity index (χ1n) is 6.36. The van der Waals surface area contributed by atoms with Crippen LogP contribution in [0.15, 0.2) is 12.3 Å². The van der Waals surface area contributed by atoms with Crippen LogP contribution in [0.3, 0.4) is 0 Å². The van der Waals surface area contributed by atoms with Gasteiger partial charge in [-0.2, -0.15) is 20.1 Å². The summed E-state index contributed by atoms with van der Waals surface area (Å²) in [5.41, 5.74) is 0.745. The molecule has 0 amide bonds. The van der Waals surface area contributed by atoms with E-state index in [0.717, 1.165) is 18.8 Å². The highest BCUT2D eigenvalue weighted by Gasteiger charge is 2.13. The summed E-state index contributed by atoms with van der Waals surface area (Å²) >= 11 is 0. The monoisotopic (exact) mass is 261 g/mol. The van der Waals surface area contributed by atoms with Crippen molar-refractivity contribution in [2.75, 3.05) is 30.4 Å². The van der Waals surface area contributed by atoms with Gasteiger partial charge in [-0.3, -0.25) is 4.68 Å². The van der Waals surface area contributed by atoms with Gasteiger partial charge in [0.15, 0.2) is 5.82 Å². The first-order valence-corrected chi connectivity index (χ1v) is 6.36. The van der Waals surface area contributed by atoms with Crippen molar-refractivity contribution in [2.45, 2.75) is 13.8 Å². The molecule has 19 heavy (non-hydrogen) atoms. The highest BCUT2D eigenvalue weighted by atomic mass is 15.3. The Balaban J connectivity index is 2.46. The lowest BCUT2D eigenvalue weighted by Crippen LogP contribution is -2.25. The lowest BCUT2D eigenvalue weighted by Gasteiger charge is -2.19. The van der Waals surface area contributed by atoms with Crippen molar-refractivity contribution in [2.24, 2.45) is 7.05 Å². The summed E-state index contributed by atoms with van der Waals surface area (Å²) < 4.78 is 1.73. The first-order chi connectivity index (χ1) is 9.17. The summed E-state index contributed by atoms with van der Waals surface area (Å²) in [7, 11) is 3.67. The van der Waals surface area contributed by atoms with Gasteiger partial charge in [-0.1, -0.05) is 0 Å². The second-order valence-corrected chi connectivity index (χ2v) is 4.08. The van der Waals surface area contributed by atoms with Crippen molar-refractivity contribution in [1.29, 1.82) is 0 Å². The molecule has 0 radical (unpaired) electrons. The normalized spacial score (nSPS) is 10.5. The second kappa shape index (κ2) is 5.64. The van der Waals surface area contributed by atoms with E-state index < -0.39 is 0 Å². The molecule has 2 aromatic rings. The van der Waals surface area contributed by atoms with Crippen molar-refractivity contribution >= 4 is 11.9 Å². The molecular weight excluding hydrogens is 242 g/mol. The Bertz CT molecular complexity index is 545. The summed E-state index contributed by atoms with van der Waals surface area (Å²) in [6.45, 7) is 5.86. The summed E-state index contributed by atoms with van der Waals surface area (Å²) in [5, 5.41) is 7.29. The first kappa shape index (κ1) is 13.3. The van der Waals surface area contributed by atoms with Gasteiger partial charge in [-0.25, -0.2) is 0 Å². The molecule has 1 N–H and O–H groups in total. The molecule has 2 aromatic heterocycles. The molecule has 0 aliphatic rings. The average Bonchev–Trinajstić information content (AvgIpc) is 2.86. The number of rotatable bonds is 5. The van der Waals surface area contributed by atoms with Crippen LogP contribution in [0.4, 0.5) is 11.9 Å². The van der Waals surface area contributed by atoms with E-state index in [9.17, 15) is 0 Å². The molecule has 0 aliphatic carbocycles. The van der Waals surface area contributed by atoms with Gasteiger partial charge < -0.3 is 10.2 Å². The molecule has 2 rings (SSSR count). The van der Waals surface area contributed by atoms with Crippen molar-refractivity contribution in [3.63, 3.8) is 0 Å². The van der Waals surface area contributed by atoms with E-state index in [0.29, 0.717) is 17.7 Å². The molecule has 0 saturated carbocycles. The van der Waals surface area contributed by atoms with Crippen molar-refractivity contribution in [3.8, 4) is 11.5 Å². The lowest BCUT2D eigenvalue weighted by molar-refractivity contribution is 0.766. The largest absolute Gasteiger partial charge is 0.357 e. The topological polar surface area (TPSA) is 71.8 Å². The lowest BCUT2D eigenvalue weighted by atomic mass is 10.4. The molecule has 0 bridgehead atoms. The van der Waals surface area contributed by atoms with Crippen LogP contribution in [0.1, 0.15) is 13.8 Å². The van der Waals surface area contributed by atoms with Crippen LogP contribution >= 0.6 is 0 Å². The fourth-order valence-corrected chi connectivity index (χ4v) is 1.77. The molecule has 0 saturated heterocycles. The molecule has 0 fully saturated rings. The van der Waals surface area contributed by atoms with Gasteiger partial charge in [0.05, 0.1) is 0 Å². The number of nitrogens with one attached hydrogen (secondary N) is 1. The maximum absolute atomic E-state index is 4.49. The van der Waals surface area contributed by atoms with E-state index >= 15 is 0 Å². The van der Waals surface area contributed by atoms with E-state index in [-0.39, 0.29) is 0 Å². The predicted octanol–water partition coefficient (Wildman–Crippen LogP) is 1.16. The standard InChI is InChI=1S/C12H19N7/c1-5-19(6-2)12-15-10(14-11(13-3)16-12)9-7-8-18(4)17-9/h7-8H,5-6H2,1-4H3,(H,13,14,15,16). The molecule has 102 valence electrons. The Labute approximate surface area is 112 Å². The number of hydrogen-bond acceptors (Lipinski definition) is 6. The van der Waals surface area contributed by atoms with Crippen LogP contribution in [0.25, 0.3) is 11.5 Å². The fourth-order valence-electron chi connectivity index (χ4n) is 1.77. The van der Waals surface area contributed by atoms with E-state index in [4.69, 9.17) is 0 Å². The minimum absolute atomic E-state index is 0.553. The van der Waals surface area contributed by atoms with Crippen LogP contribution in [0, 0.1) is 0 Å². The van der Waals surface area contributed by atoms with Gasteiger partial charge in [-0.15, -0.1) is 0 Å². The zero-order valence-electron chi connectivity index (χ0n) is 11.8. The van der Waals surface area contributed by atoms with Crippen LogP contribution < -0.4 is 10.2 Å². The molecule has 7 nitrogen and oxygen atoms in total. The van der Waals surface area contributed by atoms with Gasteiger partial charge in [-0.05, 0) is 19.9 Å². The maximum Gasteiger partial charge on any atom is 0.230 e. The number of aromatic nitrogens is 5. The smallest absolute Gasteiger partial charge is 0.230 e. The molecular formula is C12H19N7. The van der Waals surface area contributed by atoms with Gasteiger partial charge in [0.2, 0.25) is 11.9 Å². The minimum atomic E-state index is 0.553. The zero-order chi connectivity index (χ0) is 13.8. The Hall–Kier alpha value is -2.18. The molecule has 0 unspecified atom stereocenters. The zero-order valence-corrected chi connectivity index (χ0v) is 11.8. The van der Waals surface area contributed by atoms with Crippen LogP contribution in [0.2, 0.25) is 0 Å². The number of hydrogen-bond donors (Lipinski definition) is 1. The third kappa shape index (κ3) is 2.81. The van der Waals surface area contributed by atoms with Crippen LogP contribution in [-0.2, 0) is 7.05 Å². The van der Waals surface area contributed by atoms with Crippen LogP contribution in [-0.4, -0.2) is 44.9 Å². The van der Waals surface area contributed by atoms with Gasteiger partial charge >= 0.3 is 0 Å². The fraction of sp³-hybridized carbons (Fsp3) is 0.500. The number of aryl methyl sites for hydroxylation is 1. The molecule has 0 atom stereocenters. The van der Waals surface area contributed by atoms with E-state index in [1.54, 1.807) is 11.7 Å². The second-order valence-electron chi connectivity index (χ2n) is 4.08. The summed E-state index contributed by atoms with van der Waals surface area (Å²) in [6, 6.07) is 1.89. The van der Waals surface area contributed by atoms with Gasteiger partial charge in [0.25, 0.3) is 0 Å². The van der Waals surface area contributed by atoms with E-state index in [1.165, 1.54) is 0 Å². The summed E-state index contributed by atoms with van der Waals surface area (Å²) in [4.78, 5) is 15.3. The highest BCUT2D eigenvalue weighted by molar-refractivity contribution is 5.53. The molecule has 0 aliphatic heterocycles. The van der Waals surface area contributed by atoms with Crippen molar-refractivity contribution in [1.82, 2.24) is 24.7 Å². The Morgan fingerprint density at radius 3 is 2.47 bits per heavy atom. The molecule has 0 aromatic carbocycles. The average molecular weight is 261 g/mol. The summed E-state index contributed by atoms with van der Waals surface area (Å²) in [6.07, 6.45) is 1.87. The van der Waals surface area contributed by atoms with Crippen molar-refractivity contribution in [3.05, 3.63) is 12.3 Å². The predicted molar refractivity (Wildman–Crippen MR) is 75.1 cm³/mol.